The Hall–Kier alpha value is -2.47. The van der Waals surface area contributed by atoms with Crippen molar-refractivity contribution in [1.82, 2.24) is 4.90 Å². The van der Waals surface area contributed by atoms with Crippen LogP contribution in [0.15, 0.2) is 41.4 Å². The summed E-state index contributed by atoms with van der Waals surface area (Å²) >= 11 is 1.62. The van der Waals surface area contributed by atoms with Gasteiger partial charge in [0.1, 0.15) is 11.5 Å². The molecule has 1 fully saturated rings. The molecule has 1 amide bonds. The number of carbonyl (C=O) groups is 1. The lowest BCUT2D eigenvalue weighted by atomic mass is 10.1. The van der Waals surface area contributed by atoms with Crippen molar-refractivity contribution < 1.29 is 14.3 Å². The summed E-state index contributed by atoms with van der Waals surface area (Å²) in [6, 6.07) is 11.4. The summed E-state index contributed by atoms with van der Waals surface area (Å²) < 4.78 is 10.6. The third-order valence-electron chi connectivity index (χ3n) is 4.41. The molecule has 6 heteroatoms. The first-order valence-electron chi connectivity index (χ1n) is 8.85. The van der Waals surface area contributed by atoms with Crippen molar-refractivity contribution in [3.8, 4) is 11.5 Å². The van der Waals surface area contributed by atoms with Crippen LogP contribution in [0.2, 0.25) is 0 Å². The minimum Gasteiger partial charge on any atom is -0.497 e. The average Bonchev–Trinajstić information content (AvgIpc) is 2.70. The minimum absolute atomic E-state index is 0.0940. The molecule has 0 bridgehead atoms. The van der Waals surface area contributed by atoms with Gasteiger partial charge in [0.2, 0.25) is 0 Å². The molecule has 2 aromatic carbocycles. The predicted octanol–water partition coefficient (Wildman–Crippen LogP) is 4.59. The fourth-order valence-corrected chi connectivity index (χ4v) is 3.82. The zero-order valence-electron chi connectivity index (χ0n) is 16.1. The number of methoxy groups -OCH3 is 2. The van der Waals surface area contributed by atoms with Crippen LogP contribution in [0, 0.1) is 13.8 Å². The molecular weight excluding hydrogens is 360 g/mol. The molecule has 0 unspecified atom stereocenters. The summed E-state index contributed by atoms with van der Waals surface area (Å²) in [5.41, 5.74) is 3.67. The largest absolute Gasteiger partial charge is 0.497 e. The molecule has 5 nitrogen and oxygen atoms in total. The third-order valence-corrected chi connectivity index (χ3v) is 5.48. The molecule has 0 atom stereocenters. The SMILES string of the molecule is COc1cc(OC)cc(C(=O)N2CCCSC2=Nc2cc(C)ccc2C)c1. The summed E-state index contributed by atoms with van der Waals surface area (Å²) in [6.45, 7) is 4.73. The van der Waals surface area contributed by atoms with Crippen molar-refractivity contribution in [1.29, 1.82) is 0 Å². The molecule has 1 saturated heterocycles. The van der Waals surface area contributed by atoms with Crippen molar-refractivity contribution in [3.05, 3.63) is 53.1 Å². The highest BCUT2D eigenvalue weighted by molar-refractivity contribution is 8.13. The maximum absolute atomic E-state index is 13.2. The van der Waals surface area contributed by atoms with E-state index in [-0.39, 0.29) is 5.91 Å². The van der Waals surface area contributed by atoms with Crippen molar-refractivity contribution >= 4 is 28.5 Å². The lowest BCUT2D eigenvalue weighted by Gasteiger charge is -2.28. The second-order valence-electron chi connectivity index (χ2n) is 6.44. The first kappa shape index (κ1) is 19.3. The summed E-state index contributed by atoms with van der Waals surface area (Å²) in [6.07, 6.45) is 0.934. The maximum atomic E-state index is 13.2. The Balaban J connectivity index is 1.97. The Bertz CT molecular complexity index is 857. The Morgan fingerprint density at radius 1 is 1.07 bits per heavy atom. The summed E-state index contributed by atoms with van der Waals surface area (Å²) in [4.78, 5) is 19.8. The van der Waals surface area contributed by atoms with Crippen LogP contribution in [0.25, 0.3) is 0 Å². The fourth-order valence-electron chi connectivity index (χ4n) is 2.87. The van der Waals surface area contributed by atoms with E-state index in [9.17, 15) is 4.79 Å². The third kappa shape index (κ3) is 4.45. The van der Waals surface area contributed by atoms with Gasteiger partial charge in [-0.3, -0.25) is 9.69 Å². The van der Waals surface area contributed by atoms with E-state index >= 15 is 0 Å². The molecule has 0 radical (unpaired) electrons. The van der Waals surface area contributed by atoms with Crippen LogP contribution in [0.4, 0.5) is 5.69 Å². The Morgan fingerprint density at radius 2 is 1.78 bits per heavy atom. The van der Waals surface area contributed by atoms with Gasteiger partial charge < -0.3 is 9.47 Å². The molecule has 3 rings (SSSR count). The van der Waals surface area contributed by atoms with Crippen LogP contribution in [-0.4, -0.2) is 42.5 Å². The maximum Gasteiger partial charge on any atom is 0.260 e. The van der Waals surface area contributed by atoms with E-state index in [0.717, 1.165) is 34.2 Å². The number of carbonyl (C=O) groups excluding carboxylic acids is 1. The van der Waals surface area contributed by atoms with Crippen molar-refractivity contribution in [3.63, 3.8) is 0 Å². The van der Waals surface area contributed by atoms with Crippen LogP contribution in [-0.2, 0) is 0 Å². The monoisotopic (exact) mass is 384 g/mol. The smallest absolute Gasteiger partial charge is 0.260 e. The highest BCUT2D eigenvalue weighted by atomic mass is 32.2. The molecular formula is C21H24N2O3S. The second kappa shape index (κ2) is 8.48. The first-order valence-corrected chi connectivity index (χ1v) is 9.84. The van der Waals surface area contributed by atoms with Crippen LogP contribution < -0.4 is 9.47 Å². The van der Waals surface area contributed by atoms with Crippen LogP contribution in [0.3, 0.4) is 0 Å². The Morgan fingerprint density at radius 3 is 2.44 bits per heavy atom. The van der Waals surface area contributed by atoms with E-state index in [2.05, 4.69) is 18.2 Å². The van der Waals surface area contributed by atoms with E-state index < -0.39 is 0 Å². The standard InChI is InChI=1S/C21H24N2O3S/c1-14-6-7-15(2)19(10-14)22-21-23(8-5-9-27-21)20(24)16-11-17(25-3)13-18(12-16)26-4/h6-7,10-13H,5,8-9H2,1-4H3. The topological polar surface area (TPSA) is 51.1 Å². The molecule has 0 saturated carbocycles. The number of hydrogen-bond donors (Lipinski definition) is 0. The molecule has 0 N–H and O–H groups in total. The molecule has 1 aliphatic heterocycles. The van der Waals surface area contributed by atoms with Gasteiger partial charge in [-0.2, -0.15) is 0 Å². The number of hydrogen-bond acceptors (Lipinski definition) is 5. The van der Waals surface area contributed by atoms with Crippen molar-refractivity contribution in [2.24, 2.45) is 4.99 Å². The number of amides is 1. The molecule has 1 aliphatic rings. The number of nitrogens with zero attached hydrogens (tertiary/aromatic N) is 2. The van der Waals surface area contributed by atoms with Crippen LogP contribution in [0.1, 0.15) is 27.9 Å². The molecule has 27 heavy (non-hydrogen) atoms. The van der Waals surface area contributed by atoms with Gasteiger partial charge in [-0.05, 0) is 49.6 Å². The van der Waals surface area contributed by atoms with E-state index in [1.54, 1.807) is 49.1 Å². The summed E-state index contributed by atoms with van der Waals surface area (Å²) in [5.74, 6) is 2.05. The van der Waals surface area contributed by atoms with Gasteiger partial charge in [-0.1, -0.05) is 23.9 Å². The average molecular weight is 385 g/mol. The van der Waals surface area contributed by atoms with Gasteiger partial charge in [0.15, 0.2) is 5.17 Å². The van der Waals surface area contributed by atoms with Crippen LogP contribution in [0.5, 0.6) is 11.5 Å². The van der Waals surface area contributed by atoms with Gasteiger partial charge in [0.05, 0.1) is 19.9 Å². The zero-order valence-corrected chi connectivity index (χ0v) is 16.9. The molecule has 0 aliphatic carbocycles. The highest BCUT2D eigenvalue weighted by Crippen LogP contribution is 2.29. The Kier molecular flexibility index (Phi) is 6.06. The second-order valence-corrected chi connectivity index (χ2v) is 7.51. The summed E-state index contributed by atoms with van der Waals surface area (Å²) in [7, 11) is 3.15. The lowest BCUT2D eigenvalue weighted by Crippen LogP contribution is -2.39. The number of thioether (sulfide) groups is 1. The van der Waals surface area contributed by atoms with Gasteiger partial charge in [-0.25, -0.2) is 4.99 Å². The number of rotatable bonds is 4. The van der Waals surface area contributed by atoms with E-state index in [1.165, 1.54) is 0 Å². The van der Waals surface area contributed by atoms with Gasteiger partial charge in [0, 0.05) is 23.9 Å². The normalized spacial score (nSPS) is 15.7. The van der Waals surface area contributed by atoms with Crippen molar-refractivity contribution in [2.45, 2.75) is 20.3 Å². The number of ether oxygens (including phenoxy) is 2. The lowest BCUT2D eigenvalue weighted by molar-refractivity contribution is 0.0848. The quantitative estimate of drug-likeness (QED) is 0.774. The minimum atomic E-state index is -0.0940. The van der Waals surface area contributed by atoms with Gasteiger partial charge >= 0.3 is 0 Å². The van der Waals surface area contributed by atoms with E-state index in [1.807, 2.05) is 13.8 Å². The van der Waals surface area contributed by atoms with E-state index in [0.29, 0.717) is 23.6 Å². The predicted molar refractivity (Wildman–Crippen MR) is 111 cm³/mol. The number of aryl methyl sites for hydroxylation is 2. The number of amidine groups is 1. The molecule has 0 aromatic heterocycles. The molecule has 0 spiro atoms. The summed E-state index contributed by atoms with van der Waals surface area (Å²) in [5, 5.41) is 0.738. The zero-order chi connectivity index (χ0) is 19.4. The first-order chi connectivity index (χ1) is 13.0. The number of aliphatic imine (C=N–C) groups is 1. The number of benzene rings is 2. The van der Waals surface area contributed by atoms with E-state index in [4.69, 9.17) is 14.5 Å². The molecule has 142 valence electrons. The molecule has 1 heterocycles. The van der Waals surface area contributed by atoms with Crippen LogP contribution >= 0.6 is 11.8 Å². The Labute approximate surface area is 164 Å². The van der Waals surface area contributed by atoms with Gasteiger partial charge in [0.25, 0.3) is 5.91 Å². The highest BCUT2D eigenvalue weighted by Gasteiger charge is 2.26. The van der Waals surface area contributed by atoms with Crippen molar-refractivity contribution in [2.75, 3.05) is 26.5 Å². The molecule has 2 aromatic rings. The fraction of sp³-hybridized carbons (Fsp3) is 0.333. The van der Waals surface area contributed by atoms with Gasteiger partial charge in [-0.15, -0.1) is 0 Å².